The van der Waals surface area contributed by atoms with Crippen LogP contribution in [0.4, 0.5) is 0 Å². The van der Waals surface area contributed by atoms with Crippen molar-refractivity contribution in [2.24, 2.45) is 0 Å². The van der Waals surface area contributed by atoms with Crippen molar-refractivity contribution in [3.05, 3.63) is 148 Å². The summed E-state index contributed by atoms with van der Waals surface area (Å²) >= 11 is 0. The summed E-state index contributed by atoms with van der Waals surface area (Å²) < 4.78 is 5.36. The van der Waals surface area contributed by atoms with Gasteiger partial charge >= 0.3 is 0 Å². The molecule has 3 unspecified atom stereocenters. The lowest BCUT2D eigenvalue weighted by Crippen LogP contribution is -2.07. The number of rotatable bonds is 8. The molecule has 0 aliphatic carbocycles. The molecule has 0 radical (unpaired) electrons. The first kappa shape index (κ1) is 23.7. The highest BCUT2D eigenvalue weighted by Crippen LogP contribution is 2.35. The van der Waals surface area contributed by atoms with Gasteiger partial charge in [0.25, 0.3) is 0 Å². The van der Waals surface area contributed by atoms with E-state index in [2.05, 4.69) is 9.97 Å². The number of H-pyrrole nitrogens is 2. The second-order valence-corrected chi connectivity index (χ2v) is 9.07. The minimum Gasteiger partial charge on any atom is -0.497 e. The van der Waals surface area contributed by atoms with Crippen molar-refractivity contribution < 1.29 is 14.9 Å². The highest BCUT2D eigenvalue weighted by molar-refractivity contribution is 5.43. The van der Waals surface area contributed by atoms with Crippen LogP contribution in [0.15, 0.2) is 103 Å². The van der Waals surface area contributed by atoms with E-state index >= 15 is 0 Å². The van der Waals surface area contributed by atoms with Gasteiger partial charge in [-0.1, -0.05) is 72.3 Å². The standard InChI is InChI=1S/C31H30N2O3/c1-20-8-10-23(11-9-20)31(35)28-19-17-26(33-28)29(21-12-14-24(36-2)15-13-21)25-16-18-27(32-25)30(34)22-6-4-3-5-7-22/h3-19,29-35H,1-2H3. The first-order chi connectivity index (χ1) is 17.5. The van der Waals surface area contributed by atoms with Crippen LogP contribution < -0.4 is 4.74 Å². The van der Waals surface area contributed by atoms with Crippen molar-refractivity contribution in [3.8, 4) is 5.75 Å². The number of hydrogen-bond acceptors (Lipinski definition) is 3. The van der Waals surface area contributed by atoms with Gasteiger partial charge in [0, 0.05) is 22.8 Å². The molecule has 0 amide bonds. The maximum absolute atomic E-state index is 11.0. The van der Waals surface area contributed by atoms with Gasteiger partial charge in [0.2, 0.25) is 0 Å². The Morgan fingerprint density at radius 1 is 0.556 bits per heavy atom. The summed E-state index contributed by atoms with van der Waals surface area (Å²) in [5.74, 6) is 0.623. The second-order valence-electron chi connectivity index (χ2n) is 9.07. The first-order valence-electron chi connectivity index (χ1n) is 12.0. The summed E-state index contributed by atoms with van der Waals surface area (Å²) in [5.41, 5.74) is 7.19. The molecular weight excluding hydrogens is 448 g/mol. The number of benzene rings is 3. The van der Waals surface area contributed by atoms with Crippen molar-refractivity contribution in [3.63, 3.8) is 0 Å². The number of ether oxygens (including phenoxy) is 1. The van der Waals surface area contributed by atoms with E-state index in [0.29, 0.717) is 0 Å². The second kappa shape index (κ2) is 10.3. The molecule has 0 bridgehead atoms. The minimum absolute atomic E-state index is 0.161. The topological polar surface area (TPSA) is 81.3 Å². The monoisotopic (exact) mass is 478 g/mol. The SMILES string of the molecule is COc1ccc(C(c2ccc(C(O)c3ccccc3)[nH]2)c2ccc(C(O)c3ccc(C)cc3)[nH]2)cc1. The van der Waals surface area contributed by atoms with Crippen LogP contribution in [0, 0.1) is 6.92 Å². The third-order valence-corrected chi connectivity index (χ3v) is 6.63. The normalized spacial score (nSPS) is 13.8. The zero-order chi connectivity index (χ0) is 25.1. The van der Waals surface area contributed by atoms with Gasteiger partial charge in [0.05, 0.1) is 13.0 Å². The van der Waals surface area contributed by atoms with E-state index in [4.69, 9.17) is 4.74 Å². The van der Waals surface area contributed by atoms with Crippen molar-refractivity contribution in [2.45, 2.75) is 25.0 Å². The van der Waals surface area contributed by atoms with E-state index in [1.807, 2.05) is 110 Å². The van der Waals surface area contributed by atoms with Crippen LogP contribution in [0.2, 0.25) is 0 Å². The summed E-state index contributed by atoms with van der Waals surface area (Å²) in [4.78, 5) is 6.91. The van der Waals surface area contributed by atoms with Gasteiger partial charge in [-0.05, 0) is 60.0 Å². The zero-order valence-electron chi connectivity index (χ0n) is 20.3. The first-order valence-corrected chi connectivity index (χ1v) is 12.0. The highest BCUT2D eigenvalue weighted by atomic mass is 16.5. The summed E-state index contributed by atoms with van der Waals surface area (Å²) in [6.45, 7) is 2.03. The molecular formula is C31H30N2O3. The third kappa shape index (κ3) is 4.85. The van der Waals surface area contributed by atoms with Gasteiger partial charge in [-0.3, -0.25) is 0 Å². The van der Waals surface area contributed by atoms with Crippen LogP contribution in [0.25, 0.3) is 0 Å². The van der Waals surface area contributed by atoms with Crippen molar-refractivity contribution in [1.29, 1.82) is 0 Å². The van der Waals surface area contributed by atoms with Gasteiger partial charge in [0.1, 0.15) is 18.0 Å². The lowest BCUT2D eigenvalue weighted by Gasteiger charge is -2.17. The highest BCUT2D eigenvalue weighted by Gasteiger charge is 2.23. The minimum atomic E-state index is -0.755. The molecule has 5 rings (SSSR count). The van der Waals surface area contributed by atoms with Crippen molar-refractivity contribution in [2.75, 3.05) is 7.11 Å². The Balaban J connectivity index is 1.51. The summed E-state index contributed by atoms with van der Waals surface area (Å²) in [6.07, 6.45) is -1.51. The van der Waals surface area contributed by atoms with E-state index < -0.39 is 12.2 Å². The van der Waals surface area contributed by atoms with Crippen LogP contribution in [0.5, 0.6) is 5.75 Å². The Bertz CT molecular complexity index is 1400. The number of aromatic nitrogens is 2. The lowest BCUT2D eigenvalue weighted by molar-refractivity contribution is 0.216. The van der Waals surface area contributed by atoms with Gasteiger partial charge < -0.3 is 24.9 Å². The van der Waals surface area contributed by atoms with E-state index in [1.54, 1.807) is 7.11 Å². The molecule has 182 valence electrons. The van der Waals surface area contributed by atoms with E-state index in [-0.39, 0.29) is 5.92 Å². The Hall–Kier alpha value is -4.06. The molecule has 0 saturated heterocycles. The molecule has 5 aromatic rings. The number of methoxy groups -OCH3 is 1. The summed E-state index contributed by atoms with van der Waals surface area (Å²) in [7, 11) is 1.65. The smallest absolute Gasteiger partial charge is 0.119 e. The molecule has 0 aliphatic heterocycles. The fourth-order valence-electron chi connectivity index (χ4n) is 4.58. The van der Waals surface area contributed by atoms with Gasteiger partial charge in [-0.15, -0.1) is 0 Å². The van der Waals surface area contributed by atoms with Crippen LogP contribution in [0.3, 0.4) is 0 Å². The average Bonchev–Trinajstić information content (AvgIpc) is 3.60. The van der Waals surface area contributed by atoms with E-state index in [9.17, 15) is 10.2 Å². The van der Waals surface area contributed by atoms with Gasteiger partial charge in [0.15, 0.2) is 0 Å². The van der Waals surface area contributed by atoms with Crippen LogP contribution >= 0.6 is 0 Å². The zero-order valence-corrected chi connectivity index (χ0v) is 20.3. The maximum Gasteiger partial charge on any atom is 0.119 e. The van der Waals surface area contributed by atoms with Crippen molar-refractivity contribution >= 4 is 0 Å². The molecule has 0 aliphatic rings. The molecule has 36 heavy (non-hydrogen) atoms. The van der Waals surface area contributed by atoms with Crippen LogP contribution in [0.1, 0.15) is 63.2 Å². The Labute approximate surface area is 211 Å². The molecule has 5 nitrogen and oxygen atoms in total. The number of aromatic amines is 2. The Kier molecular flexibility index (Phi) is 6.76. The van der Waals surface area contributed by atoms with Crippen LogP contribution in [-0.2, 0) is 0 Å². The number of aryl methyl sites for hydroxylation is 1. The average molecular weight is 479 g/mol. The molecule has 3 atom stereocenters. The quantitative estimate of drug-likeness (QED) is 0.221. The molecule has 5 heteroatoms. The molecule has 0 fully saturated rings. The Morgan fingerprint density at radius 2 is 1.03 bits per heavy atom. The fourth-order valence-corrected chi connectivity index (χ4v) is 4.58. The summed E-state index contributed by atoms with van der Waals surface area (Å²) in [5, 5.41) is 21.9. The molecule has 2 heterocycles. The largest absolute Gasteiger partial charge is 0.497 e. The molecule has 0 saturated carbocycles. The summed E-state index contributed by atoms with van der Waals surface area (Å²) in [6, 6.07) is 33.3. The van der Waals surface area contributed by atoms with Crippen molar-refractivity contribution in [1.82, 2.24) is 9.97 Å². The lowest BCUT2D eigenvalue weighted by atomic mass is 9.92. The molecule has 3 aromatic carbocycles. The number of aliphatic hydroxyl groups excluding tert-OH is 2. The molecule has 0 spiro atoms. The predicted octanol–water partition coefficient (Wildman–Crippen LogP) is 6.00. The number of nitrogens with one attached hydrogen (secondary N) is 2. The number of hydrogen-bond donors (Lipinski definition) is 4. The fraction of sp³-hybridized carbons (Fsp3) is 0.161. The number of aliphatic hydroxyl groups is 2. The van der Waals surface area contributed by atoms with E-state index in [1.165, 1.54) is 0 Å². The molecule has 2 aromatic heterocycles. The Morgan fingerprint density at radius 3 is 1.56 bits per heavy atom. The van der Waals surface area contributed by atoms with E-state index in [0.717, 1.165) is 50.8 Å². The third-order valence-electron chi connectivity index (χ3n) is 6.63. The molecule has 4 N–H and O–H groups in total. The van der Waals surface area contributed by atoms with Gasteiger partial charge in [-0.2, -0.15) is 0 Å². The van der Waals surface area contributed by atoms with Gasteiger partial charge in [-0.25, -0.2) is 0 Å². The maximum atomic E-state index is 11.0. The van der Waals surface area contributed by atoms with Crippen LogP contribution in [-0.4, -0.2) is 27.3 Å². The predicted molar refractivity (Wildman–Crippen MR) is 141 cm³/mol.